The maximum atomic E-state index is 5.89. The molecule has 3 aliphatic rings. The van der Waals surface area contributed by atoms with Gasteiger partial charge in [0.15, 0.2) is 18.9 Å². The summed E-state index contributed by atoms with van der Waals surface area (Å²) >= 11 is 5.67. The van der Waals surface area contributed by atoms with E-state index in [2.05, 4.69) is 13.2 Å². The van der Waals surface area contributed by atoms with Crippen LogP contribution in [0.1, 0.15) is 0 Å². The molecule has 21 heavy (non-hydrogen) atoms. The zero-order valence-corrected chi connectivity index (χ0v) is 12.3. The van der Waals surface area contributed by atoms with Gasteiger partial charge in [-0.05, 0) is 12.2 Å². The number of halogens is 1. The fourth-order valence-electron chi connectivity index (χ4n) is 2.73. The van der Waals surface area contributed by atoms with Crippen LogP contribution in [0.5, 0.6) is 0 Å². The van der Waals surface area contributed by atoms with Crippen molar-refractivity contribution >= 4 is 11.6 Å². The molecule has 3 fully saturated rings. The molecule has 7 atom stereocenters. The van der Waals surface area contributed by atoms with Gasteiger partial charge in [-0.2, -0.15) is 0 Å². The molecule has 0 saturated carbocycles. The first kappa shape index (κ1) is 15.4. The van der Waals surface area contributed by atoms with Gasteiger partial charge in [0.2, 0.25) is 0 Å². The van der Waals surface area contributed by atoms with Gasteiger partial charge in [0, 0.05) is 5.88 Å². The highest BCUT2D eigenvalue weighted by atomic mass is 35.5. The van der Waals surface area contributed by atoms with E-state index in [1.807, 2.05) is 0 Å². The van der Waals surface area contributed by atoms with E-state index >= 15 is 0 Å². The molecule has 7 heteroatoms. The minimum Gasteiger partial charge on any atom is -0.349 e. The van der Waals surface area contributed by atoms with Crippen molar-refractivity contribution in [1.29, 1.82) is 0 Å². The Balaban J connectivity index is 1.76. The molecular formula is C14H19ClO6. The molecule has 6 nitrogen and oxygen atoms in total. The quantitative estimate of drug-likeness (QED) is 0.561. The van der Waals surface area contributed by atoms with Crippen molar-refractivity contribution in [2.45, 2.75) is 43.3 Å². The first-order chi connectivity index (χ1) is 10.3. The van der Waals surface area contributed by atoms with Gasteiger partial charge in [-0.1, -0.05) is 13.2 Å². The first-order valence-corrected chi connectivity index (χ1v) is 7.46. The zero-order chi connectivity index (χ0) is 14.8. The highest BCUT2D eigenvalue weighted by molar-refractivity contribution is 6.17. The Morgan fingerprint density at radius 1 is 1.00 bits per heavy atom. The van der Waals surface area contributed by atoms with Crippen LogP contribution in [0.4, 0.5) is 0 Å². The molecule has 0 radical (unpaired) electrons. The van der Waals surface area contributed by atoms with E-state index in [1.54, 1.807) is 12.2 Å². The first-order valence-electron chi connectivity index (χ1n) is 6.93. The molecule has 0 bridgehead atoms. The van der Waals surface area contributed by atoms with Crippen LogP contribution in [0.15, 0.2) is 25.3 Å². The van der Waals surface area contributed by atoms with Crippen molar-refractivity contribution in [2.24, 2.45) is 0 Å². The van der Waals surface area contributed by atoms with E-state index in [-0.39, 0.29) is 24.4 Å². The number of hydrogen-bond donors (Lipinski definition) is 0. The topological polar surface area (TPSA) is 55.4 Å². The highest BCUT2D eigenvalue weighted by Crippen LogP contribution is 2.37. The van der Waals surface area contributed by atoms with Gasteiger partial charge in [0.1, 0.15) is 24.4 Å². The molecule has 0 aliphatic carbocycles. The summed E-state index contributed by atoms with van der Waals surface area (Å²) in [6.07, 6.45) is 0.382. The van der Waals surface area contributed by atoms with Gasteiger partial charge in [-0.25, -0.2) is 0 Å². The lowest BCUT2D eigenvalue weighted by Gasteiger charge is -2.45. The number of hydrogen-bond acceptors (Lipinski definition) is 6. The average Bonchev–Trinajstić information content (AvgIpc) is 2.97. The number of fused-ring (bicyclic) bond motifs is 3. The van der Waals surface area contributed by atoms with Crippen LogP contribution in [0.2, 0.25) is 0 Å². The highest BCUT2D eigenvalue weighted by Gasteiger charge is 2.55. The number of ether oxygens (including phenoxy) is 6. The van der Waals surface area contributed by atoms with Crippen LogP contribution in [-0.2, 0) is 28.4 Å². The van der Waals surface area contributed by atoms with Crippen molar-refractivity contribution < 1.29 is 28.4 Å². The monoisotopic (exact) mass is 318 g/mol. The molecule has 3 heterocycles. The Labute approximate surface area is 128 Å². The van der Waals surface area contributed by atoms with Gasteiger partial charge in [0.25, 0.3) is 0 Å². The van der Waals surface area contributed by atoms with E-state index in [9.17, 15) is 0 Å². The standard InChI is InChI=1S/C14H19ClO6/c1-3-9-17-7-8-11(19-9)12-13(21-10(4-2)20-12)14(18-8)16-6-5-15/h3-4,8-14H,1-2,5-7H2/t8-,9+,10-,11+,12-,13+,14-/m1/s1. The second kappa shape index (κ2) is 6.75. The molecule has 0 aromatic heterocycles. The lowest BCUT2D eigenvalue weighted by atomic mass is 9.98. The van der Waals surface area contributed by atoms with Crippen molar-refractivity contribution in [3.63, 3.8) is 0 Å². The zero-order valence-electron chi connectivity index (χ0n) is 11.6. The molecule has 0 aromatic rings. The fraction of sp³-hybridized carbons (Fsp3) is 0.714. The summed E-state index contributed by atoms with van der Waals surface area (Å²) < 4.78 is 34.4. The summed E-state index contributed by atoms with van der Waals surface area (Å²) in [5.41, 5.74) is 0. The molecule has 0 N–H and O–H groups in total. The van der Waals surface area contributed by atoms with Gasteiger partial charge >= 0.3 is 0 Å². The summed E-state index contributed by atoms with van der Waals surface area (Å²) in [5.74, 6) is 0.378. The van der Waals surface area contributed by atoms with E-state index in [1.165, 1.54) is 0 Å². The van der Waals surface area contributed by atoms with Crippen molar-refractivity contribution in [1.82, 2.24) is 0 Å². The number of alkyl halides is 1. The molecule has 0 spiro atoms. The Hall–Kier alpha value is -0.470. The van der Waals surface area contributed by atoms with Gasteiger partial charge in [-0.3, -0.25) is 0 Å². The van der Waals surface area contributed by atoms with Crippen LogP contribution in [0.3, 0.4) is 0 Å². The second-order valence-corrected chi connectivity index (χ2v) is 5.32. The van der Waals surface area contributed by atoms with Crippen LogP contribution in [-0.4, -0.2) is 62.4 Å². The van der Waals surface area contributed by atoms with Crippen LogP contribution < -0.4 is 0 Å². The lowest BCUT2D eigenvalue weighted by Crippen LogP contribution is -2.62. The van der Waals surface area contributed by atoms with Crippen molar-refractivity contribution in [3.8, 4) is 0 Å². The predicted octanol–water partition coefficient (Wildman–Crippen LogP) is 1.19. The lowest BCUT2D eigenvalue weighted by molar-refractivity contribution is -0.334. The summed E-state index contributed by atoms with van der Waals surface area (Å²) in [7, 11) is 0. The largest absolute Gasteiger partial charge is 0.349 e. The van der Waals surface area contributed by atoms with E-state index in [4.69, 9.17) is 40.0 Å². The fourth-order valence-corrected chi connectivity index (χ4v) is 2.82. The minimum absolute atomic E-state index is 0.282. The van der Waals surface area contributed by atoms with Crippen LogP contribution in [0.25, 0.3) is 0 Å². The van der Waals surface area contributed by atoms with E-state index < -0.39 is 18.9 Å². The Morgan fingerprint density at radius 3 is 2.43 bits per heavy atom. The third-order valence-electron chi connectivity index (χ3n) is 3.63. The SMILES string of the molecule is C=C[C@@H]1O[C@H]2[C@H](O1)[C@H](OCCCl)O[C@@H]1CO[C@H](C=C)O[C@H]21. The molecule has 0 amide bonds. The smallest absolute Gasteiger partial charge is 0.187 e. The van der Waals surface area contributed by atoms with E-state index in [0.29, 0.717) is 19.1 Å². The molecule has 3 saturated heterocycles. The van der Waals surface area contributed by atoms with E-state index in [0.717, 1.165) is 0 Å². The molecule has 3 aliphatic heterocycles. The second-order valence-electron chi connectivity index (χ2n) is 4.95. The minimum atomic E-state index is -0.563. The van der Waals surface area contributed by atoms with Crippen LogP contribution >= 0.6 is 11.6 Å². The third kappa shape index (κ3) is 3.03. The van der Waals surface area contributed by atoms with Crippen molar-refractivity contribution in [2.75, 3.05) is 19.1 Å². The molecule has 0 aromatic carbocycles. The maximum Gasteiger partial charge on any atom is 0.187 e. The Morgan fingerprint density at radius 2 is 1.71 bits per heavy atom. The van der Waals surface area contributed by atoms with Gasteiger partial charge in [0.05, 0.1) is 13.2 Å². The Kier molecular flexibility index (Phi) is 4.96. The number of rotatable bonds is 5. The predicted molar refractivity (Wildman–Crippen MR) is 73.9 cm³/mol. The summed E-state index contributed by atoms with van der Waals surface area (Å²) in [5, 5.41) is 0. The summed E-state index contributed by atoms with van der Waals surface area (Å²) in [6.45, 7) is 8.11. The molecule has 118 valence electrons. The normalized spacial score (nSPS) is 45.7. The summed E-state index contributed by atoms with van der Waals surface area (Å²) in [4.78, 5) is 0. The van der Waals surface area contributed by atoms with Crippen LogP contribution in [0, 0.1) is 0 Å². The summed E-state index contributed by atoms with van der Waals surface area (Å²) in [6, 6.07) is 0. The Bertz CT molecular complexity index is 392. The third-order valence-corrected chi connectivity index (χ3v) is 3.79. The molecular weight excluding hydrogens is 300 g/mol. The van der Waals surface area contributed by atoms with Gasteiger partial charge in [-0.15, -0.1) is 11.6 Å². The van der Waals surface area contributed by atoms with Gasteiger partial charge < -0.3 is 28.4 Å². The maximum absolute atomic E-state index is 5.89. The molecule has 0 unspecified atom stereocenters. The van der Waals surface area contributed by atoms with Crippen molar-refractivity contribution in [3.05, 3.63) is 25.3 Å². The molecule has 3 rings (SSSR count). The average molecular weight is 319 g/mol.